The van der Waals surface area contributed by atoms with Gasteiger partial charge in [0.05, 0.1) is 6.61 Å². The van der Waals surface area contributed by atoms with Gasteiger partial charge in [-0.2, -0.15) is 4.98 Å². The van der Waals surface area contributed by atoms with E-state index in [2.05, 4.69) is 25.5 Å². The first-order chi connectivity index (χ1) is 15.5. The molecule has 0 amide bonds. The smallest absolute Gasteiger partial charge is 0.349 e. The molecule has 1 aliphatic rings. The van der Waals surface area contributed by atoms with Gasteiger partial charge in [-0.25, -0.2) is 9.78 Å². The van der Waals surface area contributed by atoms with E-state index in [1.165, 1.54) is 0 Å². The molecule has 32 heavy (non-hydrogen) atoms. The first kappa shape index (κ1) is 24.3. The van der Waals surface area contributed by atoms with Crippen LogP contribution in [0.15, 0.2) is 35.4 Å². The number of nitrogens with two attached hydrogens (primary N) is 2. The second-order valence-electron chi connectivity index (χ2n) is 8.43. The van der Waals surface area contributed by atoms with Crippen LogP contribution in [0.4, 0.5) is 11.6 Å². The van der Waals surface area contributed by atoms with E-state index in [4.69, 9.17) is 16.6 Å². The second-order valence-corrected chi connectivity index (χ2v) is 8.43. The summed E-state index contributed by atoms with van der Waals surface area (Å²) in [6.07, 6.45) is 7.67. The molecule has 2 aromatic rings. The summed E-state index contributed by atoms with van der Waals surface area (Å²) in [5.41, 5.74) is 12.3. The van der Waals surface area contributed by atoms with Gasteiger partial charge in [0.25, 0.3) is 0 Å². The third-order valence-corrected chi connectivity index (χ3v) is 5.68. The van der Waals surface area contributed by atoms with Gasteiger partial charge in [-0.3, -0.25) is 4.57 Å². The molecule has 1 saturated heterocycles. The lowest BCUT2D eigenvalue weighted by molar-refractivity contribution is 0.208. The van der Waals surface area contributed by atoms with Crippen molar-refractivity contribution < 1.29 is 5.11 Å². The highest BCUT2D eigenvalue weighted by Crippen LogP contribution is 2.12. The first-order valence-electron chi connectivity index (χ1n) is 11.4. The Morgan fingerprint density at radius 3 is 2.62 bits per heavy atom. The average Bonchev–Trinajstić information content (AvgIpc) is 2.80. The Morgan fingerprint density at radius 2 is 1.94 bits per heavy atom. The summed E-state index contributed by atoms with van der Waals surface area (Å²) in [6.45, 7) is 4.97. The summed E-state index contributed by atoms with van der Waals surface area (Å²) in [4.78, 5) is 23.3. The third-order valence-electron chi connectivity index (χ3n) is 5.68. The molecule has 1 fully saturated rings. The van der Waals surface area contributed by atoms with Crippen LogP contribution in [0.5, 0.6) is 0 Å². The predicted molar refractivity (Wildman–Crippen MR) is 126 cm³/mol. The largest absolute Gasteiger partial charge is 0.395 e. The number of nitrogens with one attached hydrogen (secondary N) is 2. The fourth-order valence-corrected chi connectivity index (χ4v) is 3.66. The number of aliphatic hydroxyl groups excluding tert-OH is 1. The molecule has 3 heterocycles. The van der Waals surface area contributed by atoms with Crippen molar-refractivity contribution in [1.82, 2.24) is 24.8 Å². The van der Waals surface area contributed by atoms with E-state index in [0.29, 0.717) is 37.3 Å². The Hall–Kier alpha value is -2.37. The highest BCUT2D eigenvalue weighted by molar-refractivity contribution is 5.50. The zero-order valence-corrected chi connectivity index (χ0v) is 18.6. The van der Waals surface area contributed by atoms with Crippen molar-refractivity contribution in [1.29, 1.82) is 0 Å². The number of hydrogen-bond acceptors (Lipinski definition) is 9. The molecule has 1 aliphatic heterocycles. The molecule has 0 radical (unpaired) electrons. The van der Waals surface area contributed by atoms with Gasteiger partial charge in [-0.15, -0.1) is 0 Å². The number of aromatic nitrogens is 3. The highest BCUT2D eigenvalue weighted by Gasteiger charge is 2.15. The molecule has 7 N–H and O–H groups in total. The number of piperidine rings is 1. The molecule has 10 heteroatoms. The fraction of sp³-hybridized carbons (Fsp3) is 0.591. The molecular weight excluding hydrogens is 408 g/mol. The summed E-state index contributed by atoms with van der Waals surface area (Å²) in [7, 11) is 0. The van der Waals surface area contributed by atoms with E-state index in [1.807, 2.05) is 12.1 Å². The maximum Gasteiger partial charge on any atom is 0.349 e. The molecule has 0 spiro atoms. The molecule has 2 aromatic heterocycles. The number of aliphatic hydroxyl groups is 1. The van der Waals surface area contributed by atoms with Crippen LogP contribution in [0.3, 0.4) is 0 Å². The van der Waals surface area contributed by atoms with Gasteiger partial charge in [-0.05, 0) is 63.0 Å². The molecule has 1 unspecified atom stereocenters. The van der Waals surface area contributed by atoms with Crippen molar-refractivity contribution in [3.8, 4) is 0 Å². The average molecular weight is 445 g/mol. The number of rotatable bonds is 12. The normalized spacial score (nSPS) is 16.2. The molecule has 176 valence electrons. The maximum atomic E-state index is 12.3. The second kappa shape index (κ2) is 12.6. The topological polar surface area (TPSA) is 147 Å². The summed E-state index contributed by atoms with van der Waals surface area (Å²) >= 11 is 0. The van der Waals surface area contributed by atoms with Gasteiger partial charge in [-0.1, -0.05) is 6.07 Å². The minimum atomic E-state index is -0.272. The number of unbranched alkanes of at least 4 members (excludes halogenated alkanes) is 1. The summed E-state index contributed by atoms with van der Waals surface area (Å²) < 4.78 is 1.65. The maximum absolute atomic E-state index is 12.3. The fourth-order valence-electron chi connectivity index (χ4n) is 3.66. The van der Waals surface area contributed by atoms with Crippen molar-refractivity contribution in [2.45, 2.75) is 50.9 Å². The van der Waals surface area contributed by atoms with Gasteiger partial charge in [0.15, 0.2) is 0 Å². The van der Waals surface area contributed by atoms with Crippen LogP contribution in [0, 0.1) is 0 Å². The van der Waals surface area contributed by atoms with Crippen LogP contribution in [-0.2, 0) is 13.1 Å². The number of aryl methyl sites for hydroxylation is 1. The van der Waals surface area contributed by atoms with Crippen LogP contribution in [0.2, 0.25) is 0 Å². The number of nitrogens with zero attached hydrogens (tertiary/aromatic N) is 4. The summed E-state index contributed by atoms with van der Waals surface area (Å²) in [5.74, 6) is 1.09. The lowest BCUT2D eigenvalue weighted by Gasteiger charge is -2.29. The number of anilines is 2. The van der Waals surface area contributed by atoms with Crippen molar-refractivity contribution in [3.63, 3.8) is 0 Å². The van der Waals surface area contributed by atoms with E-state index < -0.39 is 0 Å². The van der Waals surface area contributed by atoms with Crippen LogP contribution in [0.25, 0.3) is 0 Å². The molecule has 0 bridgehead atoms. The van der Waals surface area contributed by atoms with Gasteiger partial charge in [0.1, 0.15) is 11.6 Å². The SMILES string of the molecule is NC1CCN(CCCCn2ccc(Nc3ccc(CNCC(N)CO)cn3)nc2=O)CC1. The van der Waals surface area contributed by atoms with E-state index >= 15 is 0 Å². The van der Waals surface area contributed by atoms with Crippen LogP contribution in [-0.4, -0.2) is 69.4 Å². The van der Waals surface area contributed by atoms with Gasteiger partial charge >= 0.3 is 5.69 Å². The third kappa shape index (κ3) is 7.95. The lowest BCUT2D eigenvalue weighted by atomic mass is 10.1. The molecule has 0 aliphatic carbocycles. The number of hydrogen-bond donors (Lipinski definition) is 5. The van der Waals surface area contributed by atoms with E-state index in [1.54, 1.807) is 23.0 Å². The van der Waals surface area contributed by atoms with E-state index in [0.717, 1.165) is 50.9 Å². The van der Waals surface area contributed by atoms with Gasteiger partial charge < -0.3 is 32.1 Å². The Bertz CT molecular complexity index is 865. The zero-order chi connectivity index (χ0) is 22.8. The molecule has 3 rings (SSSR count). The molecule has 0 saturated carbocycles. The van der Waals surface area contributed by atoms with Gasteiger partial charge in [0.2, 0.25) is 0 Å². The van der Waals surface area contributed by atoms with Gasteiger partial charge in [0, 0.05) is 44.1 Å². The van der Waals surface area contributed by atoms with E-state index in [9.17, 15) is 4.79 Å². The Kier molecular flexibility index (Phi) is 9.57. The van der Waals surface area contributed by atoms with Crippen LogP contribution >= 0.6 is 0 Å². The standard InChI is InChI=1S/C22H36N8O2/c23-18-5-10-29(11-6-18)8-1-2-9-30-12-7-21(28-22(30)32)27-20-4-3-17(14-26-20)13-25-15-19(24)16-31/h3-4,7,12,14,18-19,25,31H,1-2,5-6,8-11,13,15-16,23-24H2,(H,26,27,28,32). The number of likely N-dealkylation sites (tertiary alicyclic amines) is 1. The Labute approximate surface area is 189 Å². The highest BCUT2D eigenvalue weighted by atomic mass is 16.3. The quantitative estimate of drug-likeness (QED) is 0.285. The van der Waals surface area contributed by atoms with Crippen LogP contribution < -0.4 is 27.8 Å². The van der Waals surface area contributed by atoms with Crippen molar-refractivity contribution in [3.05, 3.63) is 46.6 Å². The van der Waals surface area contributed by atoms with Crippen molar-refractivity contribution in [2.75, 3.05) is 38.1 Å². The first-order valence-corrected chi connectivity index (χ1v) is 11.4. The molecule has 10 nitrogen and oxygen atoms in total. The van der Waals surface area contributed by atoms with Crippen molar-refractivity contribution in [2.24, 2.45) is 11.5 Å². The molecule has 0 aromatic carbocycles. The minimum absolute atomic E-state index is 0.0475. The summed E-state index contributed by atoms with van der Waals surface area (Å²) in [6, 6.07) is 5.65. The van der Waals surface area contributed by atoms with Crippen molar-refractivity contribution >= 4 is 11.6 Å². The monoisotopic (exact) mass is 444 g/mol. The number of pyridine rings is 1. The zero-order valence-electron chi connectivity index (χ0n) is 18.6. The molecule has 1 atom stereocenters. The van der Waals surface area contributed by atoms with E-state index in [-0.39, 0.29) is 18.3 Å². The minimum Gasteiger partial charge on any atom is -0.395 e. The van der Waals surface area contributed by atoms with Crippen LogP contribution in [0.1, 0.15) is 31.2 Å². The predicted octanol–water partition coefficient (Wildman–Crippen LogP) is -0.00560. The Balaban J connectivity index is 1.41. The Morgan fingerprint density at radius 1 is 1.16 bits per heavy atom. The molecular formula is C22H36N8O2. The lowest BCUT2D eigenvalue weighted by Crippen LogP contribution is -2.40. The summed E-state index contributed by atoms with van der Waals surface area (Å²) in [5, 5.41) is 15.2.